The summed E-state index contributed by atoms with van der Waals surface area (Å²) in [5.41, 5.74) is 1.25. The summed E-state index contributed by atoms with van der Waals surface area (Å²) in [5, 5.41) is 13.2. The quantitative estimate of drug-likeness (QED) is 0.580. The van der Waals surface area contributed by atoms with E-state index in [1.807, 2.05) is 6.07 Å². The molecular formula is C17H21BN2O5. The van der Waals surface area contributed by atoms with E-state index in [2.05, 4.69) is 5.32 Å². The minimum absolute atomic E-state index is 0.0596. The average molecular weight is 344 g/mol. The third-order valence-electron chi connectivity index (χ3n) is 4.64. The largest absolute Gasteiger partial charge is 0.535 e. The molecule has 3 rings (SSSR count). The molecule has 8 heteroatoms. The van der Waals surface area contributed by atoms with Crippen LogP contribution in [0.15, 0.2) is 18.2 Å². The van der Waals surface area contributed by atoms with E-state index in [1.54, 1.807) is 12.1 Å². The summed E-state index contributed by atoms with van der Waals surface area (Å²) in [4.78, 5) is 37.3. The Morgan fingerprint density at radius 1 is 1.44 bits per heavy atom. The number of hydrogen-bond acceptors (Lipinski definition) is 6. The molecule has 2 aliphatic rings. The van der Waals surface area contributed by atoms with Gasteiger partial charge in [0.15, 0.2) is 11.6 Å². The van der Waals surface area contributed by atoms with Crippen molar-refractivity contribution >= 4 is 24.6 Å². The number of fused-ring (bicyclic) bond motifs is 1. The molecule has 0 spiro atoms. The highest BCUT2D eigenvalue weighted by Gasteiger charge is 2.37. The molecule has 25 heavy (non-hydrogen) atoms. The second-order valence-corrected chi connectivity index (χ2v) is 6.56. The zero-order valence-corrected chi connectivity index (χ0v) is 14.2. The van der Waals surface area contributed by atoms with Gasteiger partial charge in [0.1, 0.15) is 5.75 Å². The number of ketones is 2. The van der Waals surface area contributed by atoms with E-state index >= 15 is 0 Å². The Kier molecular flexibility index (Phi) is 5.20. The van der Waals surface area contributed by atoms with Crippen LogP contribution >= 0.6 is 0 Å². The standard InChI is InChI=1S/C17H21BN2O5/c1-11(21)15-4-2-3-12-7-13(18(24)25-17(12)15)8-14(22)10-20-6-5-19-9-16(20)23/h2-4,13,19,24H,5-10H2,1H3/t13-/m1/s1. The lowest BCUT2D eigenvalue weighted by Crippen LogP contribution is -2.50. The molecule has 0 aliphatic carbocycles. The van der Waals surface area contributed by atoms with Crippen molar-refractivity contribution in [3.05, 3.63) is 29.3 Å². The Labute approximate surface area is 146 Å². The zero-order chi connectivity index (χ0) is 18.0. The lowest BCUT2D eigenvalue weighted by atomic mass is 9.64. The maximum absolute atomic E-state index is 12.3. The third kappa shape index (κ3) is 3.91. The van der Waals surface area contributed by atoms with Gasteiger partial charge in [0, 0.05) is 25.3 Å². The highest BCUT2D eigenvalue weighted by molar-refractivity contribution is 6.47. The monoisotopic (exact) mass is 344 g/mol. The number of piperazine rings is 1. The molecule has 132 valence electrons. The fourth-order valence-corrected chi connectivity index (χ4v) is 3.32. The molecule has 0 saturated carbocycles. The molecule has 1 aromatic rings. The minimum atomic E-state index is -1.14. The molecule has 2 heterocycles. The molecule has 2 N–H and O–H groups in total. The lowest BCUT2D eigenvalue weighted by Gasteiger charge is -2.30. The smallest absolute Gasteiger partial charge is 0.526 e. The first-order valence-electron chi connectivity index (χ1n) is 8.43. The van der Waals surface area contributed by atoms with Crippen molar-refractivity contribution in [1.82, 2.24) is 10.2 Å². The first-order valence-corrected chi connectivity index (χ1v) is 8.43. The topological polar surface area (TPSA) is 95.9 Å². The molecule has 1 amide bonds. The number of benzene rings is 1. The molecule has 0 radical (unpaired) electrons. The number of carbonyl (C=O) groups is 3. The molecule has 0 bridgehead atoms. The van der Waals surface area contributed by atoms with Crippen LogP contribution in [0.25, 0.3) is 0 Å². The Morgan fingerprint density at radius 3 is 2.96 bits per heavy atom. The van der Waals surface area contributed by atoms with E-state index in [0.29, 0.717) is 30.8 Å². The van der Waals surface area contributed by atoms with Crippen molar-refractivity contribution in [2.45, 2.75) is 25.6 Å². The average Bonchev–Trinajstić information content (AvgIpc) is 2.57. The maximum Gasteiger partial charge on any atom is 0.526 e. The van der Waals surface area contributed by atoms with Crippen LogP contribution in [0.5, 0.6) is 5.75 Å². The Morgan fingerprint density at radius 2 is 2.24 bits per heavy atom. The normalized spacial score (nSPS) is 20.1. The molecule has 0 unspecified atom stereocenters. The van der Waals surface area contributed by atoms with Crippen molar-refractivity contribution < 1.29 is 24.1 Å². The summed E-state index contributed by atoms with van der Waals surface area (Å²) in [6.07, 6.45) is 0.584. The summed E-state index contributed by atoms with van der Waals surface area (Å²) in [6.45, 7) is 2.95. The van der Waals surface area contributed by atoms with Gasteiger partial charge in [-0.05, 0) is 25.0 Å². The lowest BCUT2D eigenvalue weighted by molar-refractivity contribution is -0.136. The van der Waals surface area contributed by atoms with Crippen LogP contribution in [0.4, 0.5) is 0 Å². The van der Waals surface area contributed by atoms with Crippen LogP contribution in [-0.2, 0) is 16.0 Å². The Bertz CT molecular complexity index is 708. The number of para-hydroxylation sites is 1. The van der Waals surface area contributed by atoms with Gasteiger partial charge in [-0.1, -0.05) is 12.1 Å². The predicted molar refractivity (Wildman–Crippen MR) is 91.6 cm³/mol. The molecule has 1 fully saturated rings. The van der Waals surface area contributed by atoms with E-state index < -0.39 is 7.12 Å². The van der Waals surface area contributed by atoms with E-state index in [4.69, 9.17) is 4.65 Å². The molecule has 1 atom stereocenters. The van der Waals surface area contributed by atoms with Gasteiger partial charge >= 0.3 is 7.12 Å². The van der Waals surface area contributed by atoms with Gasteiger partial charge in [0.2, 0.25) is 5.91 Å². The molecule has 2 aliphatic heterocycles. The van der Waals surface area contributed by atoms with Crippen molar-refractivity contribution in [3.8, 4) is 5.75 Å². The van der Waals surface area contributed by atoms with Gasteiger partial charge in [-0.2, -0.15) is 0 Å². The molecule has 1 aromatic carbocycles. The SMILES string of the molecule is CC(=O)c1cccc2c1OB(O)[C@@H](CC(=O)CN1CCNCC1=O)C2. The van der Waals surface area contributed by atoms with E-state index in [9.17, 15) is 19.4 Å². The summed E-state index contributed by atoms with van der Waals surface area (Å²) >= 11 is 0. The third-order valence-corrected chi connectivity index (χ3v) is 4.64. The molecular weight excluding hydrogens is 323 g/mol. The van der Waals surface area contributed by atoms with E-state index in [0.717, 1.165) is 5.56 Å². The number of hydrogen-bond donors (Lipinski definition) is 2. The van der Waals surface area contributed by atoms with Gasteiger partial charge < -0.3 is 19.9 Å². The van der Waals surface area contributed by atoms with Crippen LogP contribution in [0.1, 0.15) is 29.3 Å². The summed E-state index contributed by atoms with van der Waals surface area (Å²) < 4.78 is 5.54. The number of amides is 1. The van der Waals surface area contributed by atoms with Gasteiger partial charge in [-0.25, -0.2) is 0 Å². The van der Waals surface area contributed by atoms with E-state index in [1.165, 1.54) is 11.8 Å². The summed E-state index contributed by atoms with van der Waals surface area (Å²) in [7, 11) is -1.14. The van der Waals surface area contributed by atoms with Crippen LogP contribution in [0.2, 0.25) is 5.82 Å². The van der Waals surface area contributed by atoms with Gasteiger partial charge in [0.25, 0.3) is 0 Å². The maximum atomic E-state index is 12.3. The van der Waals surface area contributed by atoms with Crippen molar-refractivity contribution in [3.63, 3.8) is 0 Å². The molecule has 0 aromatic heterocycles. The van der Waals surface area contributed by atoms with Gasteiger partial charge in [0.05, 0.1) is 18.7 Å². The van der Waals surface area contributed by atoms with Crippen LogP contribution in [0, 0.1) is 0 Å². The second-order valence-electron chi connectivity index (χ2n) is 6.56. The molecule has 1 saturated heterocycles. The fraction of sp³-hybridized carbons (Fsp3) is 0.471. The minimum Gasteiger partial charge on any atom is -0.535 e. The first-order chi connectivity index (χ1) is 12.0. The first kappa shape index (κ1) is 17.6. The zero-order valence-electron chi connectivity index (χ0n) is 14.2. The Hall–Kier alpha value is -2.19. The number of carbonyl (C=O) groups excluding carboxylic acids is 3. The van der Waals surface area contributed by atoms with Crippen LogP contribution in [0.3, 0.4) is 0 Å². The highest BCUT2D eigenvalue weighted by atomic mass is 16.5. The van der Waals surface area contributed by atoms with E-state index in [-0.39, 0.29) is 42.8 Å². The number of rotatable bonds is 5. The summed E-state index contributed by atoms with van der Waals surface area (Å²) in [6, 6.07) is 5.27. The van der Waals surface area contributed by atoms with Crippen LogP contribution in [-0.4, -0.2) is 60.7 Å². The van der Waals surface area contributed by atoms with Gasteiger partial charge in [-0.3, -0.25) is 14.4 Å². The predicted octanol–water partition coefficient (Wildman–Crippen LogP) is 0.0658. The van der Waals surface area contributed by atoms with Crippen molar-refractivity contribution in [2.75, 3.05) is 26.2 Å². The second kappa shape index (κ2) is 7.37. The molecule has 7 nitrogen and oxygen atoms in total. The van der Waals surface area contributed by atoms with Crippen molar-refractivity contribution in [1.29, 1.82) is 0 Å². The Balaban J connectivity index is 1.66. The number of nitrogens with one attached hydrogen (secondary N) is 1. The van der Waals surface area contributed by atoms with Crippen LogP contribution < -0.4 is 9.97 Å². The fourth-order valence-electron chi connectivity index (χ4n) is 3.32. The highest BCUT2D eigenvalue weighted by Crippen LogP contribution is 2.36. The summed E-state index contributed by atoms with van der Waals surface area (Å²) in [5.74, 6) is -0.301. The van der Waals surface area contributed by atoms with Gasteiger partial charge in [-0.15, -0.1) is 0 Å². The van der Waals surface area contributed by atoms with Crippen molar-refractivity contribution in [2.24, 2.45) is 0 Å². The number of nitrogens with zero attached hydrogens (tertiary/aromatic N) is 1. The number of Topliss-reactive ketones (excluding diaryl/α,β-unsaturated/α-hetero) is 2.